The molecule has 1 atom stereocenters. The maximum absolute atomic E-state index is 13.1. The number of nitrogens with one attached hydrogen (secondary N) is 1. The summed E-state index contributed by atoms with van der Waals surface area (Å²) in [6.07, 6.45) is 1.12. The largest absolute Gasteiger partial charge is 0.348 e. The summed E-state index contributed by atoms with van der Waals surface area (Å²) in [6.45, 7) is -1.22. The summed E-state index contributed by atoms with van der Waals surface area (Å²) in [5, 5.41) is 2.19. The third-order valence-electron chi connectivity index (χ3n) is 3.73. The third-order valence-corrected chi connectivity index (χ3v) is 4.26. The van der Waals surface area contributed by atoms with E-state index in [4.69, 9.17) is 5.73 Å². The average molecular weight is 427 g/mol. The number of nitrogens with two attached hydrogens (primary N) is 1. The number of benzene rings is 1. The molecule has 0 aromatic heterocycles. The van der Waals surface area contributed by atoms with Crippen molar-refractivity contribution in [2.75, 3.05) is 19.6 Å². The zero-order valence-electron chi connectivity index (χ0n) is 12.8. The Morgan fingerprint density at radius 1 is 1.33 bits per heavy atom. The lowest BCUT2D eigenvalue weighted by atomic mass is 10.1. The van der Waals surface area contributed by atoms with Gasteiger partial charge in [0.1, 0.15) is 6.04 Å². The van der Waals surface area contributed by atoms with Crippen molar-refractivity contribution in [2.24, 2.45) is 5.73 Å². The molecule has 1 aliphatic heterocycles. The van der Waals surface area contributed by atoms with Crippen molar-refractivity contribution >= 4 is 40.2 Å². The van der Waals surface area contributed by atoms with Crippen molar-refractivity contribution < 1.29 is 18.4 Å². The Labute approximate surface area is 153 Å². The lowest BCUT2D eigenvalue weighted by Crippen LogP contribution is -2.49. The number of nitrogens with zero attached hydrogens (tertiary/aromatic N) is 1. The van der Waals surface area contributed by atoms with E-state index in [1.54, 1.807) is 24.3 Å². The van der Waals surface area contributed by atoms with Gasteiger partial charge in [-0.15, -0.1) is 12.4 Å². The maximum Gasteiger partial charge on any atom is 0.277 e. The van der Waals surface area contributed by atoms with Crippen LogP contribution < -0.4 is 11.1 Å². The van der Waals surface area contributed by atoms with E-state index in [1.165, 1.54) is 4.90 Å². The molecule has 134 valence electrons. The Hall–Kier alpha value is -1.25. The molecule has 1 aliphatic rings. The zero-order valence-corrected chi connectivity index (χ0v) is 15.2. The lowest BCUT2D eigenvalue weighted by molar-refractivity contribution is -0.126. The summed E-state index contributed by atoms with van der Waals surface area (Å²) in [6, 6.07) is 6.06. The molecule has 1 aromatic rings. The van der Waals surface area contributed by atoms with Crippen LogP contribution in [0.25, 0.3) is 0 Å². The topological polar surface area (TPSA) is 75.4 Å². The van der Waals surface area contributed by atoms with Crippen molar-refractivity contribution in [2.45, 2.75) is 24.8 Å². The zero-order chi connectivity index (χ0) is 17.0. The van der Waals surface area contributed by atoms with Crippen LogP contribution in [0.1, 0.15) is 23.2 Å². The summed E-state index contributed by atoms with van der Waals surface area (Å²) >= 11 is 3.29. The van der Waals surface area contributed by atoms with Gasteiger partial charge in [0.15, 0.2) is 0 Å². The second kappa shape index (κ2) is 8.73. The number of hydrogen-bond acceptors (Lipinski definition) is 3. The highest BCUT2D eigenvalue weighted by molar-refractivity contribution is 9.10. The number of hydrogen-bond donors (Lipinski definition) is 2. The quantitative estimate of drug-likeness (QED) is 0.758. The molecule has 24 heavy (non-hydrogen) atoms. The van der Waals surface area contributed by atoms with E-state index < -0.39 is 31.0 Å². The minimum absolute atomic E-state index is 0. The first kappa shape index (κ1) is 20.8. The second-order valence-corrected chi connectivity index (χ2v) is 6.36. The summed E-state index contributed by atoms with van der Waals surface area (Å²) < 4.78 is 27.1. The average Bonchev–Trinajstić information content (AvgIpc) is 3.02. The van der Waals surface area contributed by atoms with Crippen LogP contribution in [-0.4, -0.2) is 48.3 Å². The van der Waals surface area contributed by atoms with Gasteiger partial charge in [-0.1, -0.05) is 15.9 Å². The molecule has 1 saturated heterocycles. The molecule has 9 heteroatoms. The van der Waals surface area contributed by atoms with Crippen LogP contribution >= 0.6 is 28.3 Å². The fourth-order valence-electron chi connectivity index (χ4n) is 2.45. The minimum atomic E-state index is -3.14. The number of likely N-dealkylation sites (tertiary alicyclic amines) is 1. The monoisotopic (exact) mass is 425 g/mol. The summed E-state index contributed by atoms with van der Waals surface area (Å²) in [7, 11) is 0. The van der Waals surface area contributed by atoms with E-state index in [2.05, 4.69) is 21.2 Å². The predicted molar refractivity (Wildman–Crippen MR) is 92.5 cm³/mol. The fraction of sp³-hybridized carbons (Fsp3) is 0.467. The maximum atomic E-state index is 13.1. The van der Waals surface area contributed by atoms with Gasteiger partial charge in [-0.2, -0.15) is 0 Å². The van der Waals surface area contributed by atoms with E-state index in [0.717, 1.165) is 4.47 Å². The van der Waals surface area contributed by atoms with Crippen molar-refractivity contribution in [1.82, 2.24) is 10.2 Å². The Morgan fingerprint density at radius 3 is 2.54 bits per heavy atom. The third kappa shape index (κ3) is 5.12. The van der Waals surface area contributed by atoms with Crippen molar-refractivity contribution in [3.63, 3.8) is 0 Å². The number of amides is 2. The van der Waals surface area contributed by atoms with Crippen LogP contribution in [0.5, 0.6) is 0 Å². The van der Waals surface area contributed by atoms with Crippen LogP contribution in [0.2, 0.25) is 0 Å². The molecule has 0 bridgehead atoms. The molecule has 1 fully saturated rings. The molecule has 0 saturated carbocycles. The first-order valence-corrected chi connectivity index (χ1v) is 8.05. The smallest absolute Gasteiger partial charge is 0.277 e. The Kier molecular flexibility index (Phi) is 7.56. The fourth-order valence-corrected chi connectivity index (χ4v) is 2.71. The van der Waals surface area contributed by atoms with Crippen molar-refractivity contribution in [3.8, 4) is 0 Å². The van der Waals surface area contributed by atoms with Gasteiger partial charge in [0.2, 0.25) is 5.91 Å². The van der Waals surface area contributed by atoms with Crippen molar-refractivity contribution in [3.05, 3.63) is 34.3 Å². The van der Waals surface area contributed by atoms with Gasteiger partial charge in [-0.3, -0.25) is 9.59 Å². The summed E-state index contributed by atoms with van der Waals surface area (Å²) in [5.41, 5.74) is 5.40. The van der Waals surface area contributed by atoms with Gasteiger partial charge in [-0.25, -0.2) is 8.78 Å². The van der Waals surface area contributed by atoms with Crippen LogP contribution in [0, 0.1) is 0 Å². The van der Waals surface area contributed by atoms with E-state index in [9.17, 15) is 18.4 Å². The SMILES string of the molecule is Cl.NCC(F)(F)CNC(=O)C1CCCN1C(=O)c1ccc(Br)cc1. The highest BCUT2D eigenvalue weighted by Crippen LogP contribution is 2.21. The molecule has 1 unspecified atom stereocenters. The molecule has 3 N–H and O–H groups in total. The molecule has 1 heterocycles. The molecule has 0 radical (unpaired) electrons. The van der Waals surface area contributed by atoms with E-state index in [0.29, 0.717) is 24.9 Å². The second-order valence-electron chi connectivity index (χ2n) is 5.44. The highest BCUT2D eigenvalue weighted by Gasteiger charge is 2.36. The molecule has 1 aromatic carbocycles. The van der Waals surface area contributed by atoms with Crippen LogP contribution in [-0.2, 0) is 4.79 Å². The van der Waals surface area contributed by atoms with Crippen LogP contribution in [0.4, 0.5) is 8.78 Å². The predicted octanol–water partition coefficient (Wildman–Crippen LogP) is 2.19. The van der Waals surface area contributed by atoms with Crippen LogP contribution in [0.3, 0.4) is 0 Å². The Morgan fingerprint density at radius 2 is 1.96 bits per heavy atom. The normalized spacial score (nSPS) is 17.3. The Balaban J connectivity index is 0.00000288. The number of carbonyl (C=O) groups excluding carboxylic acids is 2. The molecule has 2 rings (SSSR count). The van der Waals surface area contributed by atoms with Gasteiger partial charge in [0.25, 0.3) is 11.8 Å². The number of halogens is 4. The van der Waals surface area contributed by atoms with Gasteiger partial charge < -0.3 is 16.0 Å². The lowest BCUT2D eigenvalue weighted by Gasteiger charge is -2.25. The highest BCUT2D eigenvalue weighted by atomic mass is 79.9. The molecular weight excluding hydrogens is 408 g/mol. The van der Waals surface area contributed by atoms with Gasteiger partial charge in [-0.05, 0) is 37.1 Å². The minimum Gasteiger partial charge on any atom is -0.348 e. The molecular formula is C15H19BrClF2N3O2. The molecule has 0 spiro atoms. The standard InChI is InChI=1S/C15H18BrF2N3O2.ClH/c16-11-5-3-10(4-6-11)14(23)21-7-1-2-12(21)13(22)20-9-15(17,18)8-19;/h3-6,12H,1-2,7-9,19H2,(H,20,22);1H. The first-order valence-electron chi connectivity index (χ1n) is 7.26. The number of alkyl halides is 2. The first-order chi connectivity index (χ1) is 10.8. The van der Waals surface area contributed by atoms with Crippen LogP contribution in [0.15, 0.2) is 28.7 Å². The summed E-state index contributed by atoms with van der Waals surface area (Å²) in [4.78, 5) is 26.0. The summed E-state index contributed by atoms with van der Waals surface area (Å²) in [5.74, 6) is -3.99. The van der Waals surface area contributed by atoms with Gasteiger partial charge in [0.05, 0.1) is 13.1 Å². The number of rotatable bonds is 5. The van der Waals surface area contributed by atoms with E-state index >= 15 is 0 Å². The Bertz CT molecular complexity index is 587. The van der Waals surface area contributed by atoms with Gasteiger partial charge in [0, 0.05) is 16.6 Å². The molecule has 2 amide bonds. The molecule has 0 aliphatic carbocycles. The molecule has 5 nitrogen and oxygen atoms in total. The van der Waals surface area contributed by atoms with E-state index in [1.807, 2.05) is 0 Å². The van der Waals surface area contributed by atoms with Crippen molar-refractivity contribution in [1.29, 1.82) is 0 Å². The number of carbonyl (C=O) groups is 2. The van der Waals surface area contributed by atoms with E-state index in [-0.39, 0.29) is 18.3 Å². The van der Waals surface area contributed by atoms with Gasteiger partial charge >= 0.3 is 0 Å².